The molecule has 1 aromatic carbocycles. The molecule has 0 unspecified atom stereocenters. The Labute approximate surface area is 181 Å². The molecule has 1 aliphatic rings. The average Bonchev–Trinajstić information content (AvgIpc) is 2.68. The molecule has 0 spiro atoms. The number of nitrogens with zero attached hydrogens (tertiary/aromatic N) is 2. The van der Waals surface area contributed by atoms with E-state index in [-0.39, 0.29) is 42.1 Å². The van der Waals surface area contributed by atoms with Gasteiger partial charge in [0.15, 0.2) is 5.69 Å². The summed E-state index contributed by atoms with van der Waals surface area (Å²) in [5.74, 6) is -0.118. The van der Waals surface area contributed by atoms with Crippen molar-refractivity contribution in [2.75, 3.05) is 16.8 Å². The fourth-order valence-corrected chi connectivity index (χ4v) is 4.57. The Hall–Kier alpha value is -2.44. The second-order valence-electron chi connectivity index (χ2n) is 6.61. The SMILES string of the molecule is O=CO.O=S1(=O)CCC(NCc2cnc(Nc3cccc(Cl)c3)nc2C(F)(F)F)CC1. The molecule has 31 heavy (non-hydrogen) atoms. The van der Waals surface area contributed by atoms with Gasteiger partial charge in [-0.1, -0.05) is 17.7 Å². The minimum atomic E-state index is -4.65. The van der Waals surface area contributed by atoms with Gasteiger partial charge in [-0.15, -0.1) is 0 Å². The summed E-state index contributed by atoms with van der Waals surface area (Å²) in [5, 5.41) is 13.0. The topological polar surface area (TPSA) is 121 Å². The number of carboxylic acid groups (broad SMARTS) is 1. The van der Waals surface area contributed by atoms with Crippen LogP contribution >= 0.6 is 11.6 Å². The molecule has 0 bridgehead atoms. The Morgan fingerprint density at radius 3 is 2.48 bits per heavy atom. The lowest BCUT2D eigenvalue weighted by molar-refractivity contribution is -0.141. The normalized spacial score (nSPS) is 16.1. The van der Waals surface area contributed by atoms with Gasteiger partial charge >= 0.3 is 6.18 Å². The largest absolute Gasteiger partial charge is 0.483 e. The van der Waals surface area contributed by atoms with Crippen LogP contribution in [0.3, 0.4) is 0 Å². The lowest BCUT2D eigenvalue weighted by atomic mass is 10.1. The number of anilines is 2. The lowest BCUT2D eigenvalue weighted by Gasteiger charge is -2.23. The third kappa shape index (κ3) is 7.96. The summed E-state index contributed by atoms with van der Waals surface area (Å²) in [5.41, 5.74) is -0.671. The predicted octanol–water partition coefficient (Wildman–Crippen LogP) is 3.26. The number of hydrogen-bond donors (Lipinski definition) is 3. The summed E-state index contributed by atoms with van der Waals surface area (Å²) in [6.07, 6.45) is -2.78. The highest BCUT2D eigenvalue weighted by atomic mass is 35.5. The van der Waals surface area contributed by atoms with E-state index in [1.165, 1.54) is 0 Å². The van der Waals surface area contributed by atoms with Crippen molar-refractivity contribution >= 4 is 39.5 Å². The van der Waals surface area contributed by atoms with E-state index in [9.17, 15) is 21.6 Å². The molecule has 0 radical (unpaired) electrons. The van der Waals surface area contributed by atoms with Gasteiger partial charge < -0.3 is 15.7 Å². The second kappa shape index (κ2) is 10.7. The standard InChI is InChI=1S/C17H18ClF3N4O2S.CH2O2/c18-12-2-1-3-14(8-12)24-16-23-10-11(15(25-16)17(19,20)21)9-22-13-4-6-28(26,27)7-5-13;2-1-3/h1-3,8,10,13,22H,4-7,9H2,(H,23,24,25);1H,(H,2,3). The van der Waals surface area contributed by atoms with E-state index < -0.39 is 21.7 Å². The van der Waals surface area contributed by atoms with Crippen LogP contribution in [0, 0.1) is 0 Å². The summed E-state index contributed by atoms with van der Waals surface area (Å²) in [4.78, 5) is 16.0. The van der Waals surface area contributed by atoms with Gasteiger partial charge in [0.05, 0.1) is 11.5 Å². The fraction of sp³-hybridized carbons (Fsp3) is 0.389. The molecule has 0 amide bonds. The maximum atomic E-state index is 13.5. The van der Waals surface area contributed by atoms with Crippen molar-refractivity contribution in [2.24, 2.45) is 0 Å². The Morgan fingerprint density at radius 1 is 1.26 bits per heavy atom. The maximum Gasteiger partial charge on any atom is 0.433 e. The smallest absolute Gasteiger partial charge is 0.433 e. The summed E-state index contributed by atoms with van der Waals surface area (Å²) < 4.78 is 63.3. The quantitative estimate of drug-likeness (QED) is 0.557. The van der Waals surface area contributed by atoms with Gasteiger partial charge in [-0.25, -0.2) is 18.4 Å². The van der Waals surface area contributed by atoms with Gasteiger partial charge in [-0.3, -0.25) is 4.79 Å². The molecule has 0 aliphatic carbocycles. The summed E-state index contributed by atoms with van der Waals surface area (Å²) >= 11 is 5.87. The van der Waals surface area contributed by atoms with Crippen LogP contribution in [-0.2, 0) is 27.4 Å². The van der Waals surface area contributed by atoms with Crippen molar-refractivity contribution in [3.8, 4) is 0 Å². The molecule has 0 saturated carbocycles. The number of nitrogens with one attached hydrogen (secondary N) is 2. The van der Waals surface area contributed by atoms with Crippen LogP contribution in [0.1, 0.15) is 24.1 Å². The Kier molecular flexibility index (Phi) is 8.60. The van der Waals surface area contributed by atoms with Crippen LogP contribution < -0.4 is 10.6 Å². The first-order chi connectivity index (χ1) is 14.5. The third-order valence-electron chi connectivity index (χ3n) is 4.35. The number of rotatable bonds is 5. The van der Waals surface area contributed by atoms with Gasteiger partial charge in [-0.2, -0.15) is 13.2 Å². The minimum Gasteiger partial charge on any atom is -0.483 e. The first-order valence-corrected chi connectivity index (χ1v) is 11.2. The number of aromatic nitrogens is 2. The zero-order valence-electron chi connectivity index (χ0n) is 16.1. The molecular weight excluding hydrogens is 461 g/mol. The van der Waals surface area contributed by atoms with Crippen LogP contribution in [0.4, 0.5) is 24.8 Å². The van der Waals surface area contributed by atoms with E-state index in [4.69, 9.17) is 21.5 Å². The highest BCUT2D eigenvalue weighted by molar-refractivity contribution is 7.91. The fourth-order valence-electron chi connectivity index (χ4n) is 2.89. The molecular formula is C18H20ClF3N4O4S. The predicted molar refractivity (Wildman–Crippen MR) is 109 cm³/mol. The van der Waals surface area contributed by atoms with Gasteiger partial charge in [0.1, 0.15) is 9.84 Å². The first kappa shape index (κ1) is 24.8. The highest BCUT2D eigenvalue weighted by Gasteiger charge is 2.36. The van der Waals surface area contributed by atoms with Gasteiger partial charge in [0.25, 0.3) is 6.47 Å². The number of benzene rings is 1. The van der Waals surface area contributed by atoms with Crippen molar-refractivity contribution in [3.05, 3.63) is 46.7 Å². The van der Waals surface area contributed by atoms with Gasteiger partial charge in [0.2, 0.25) is 5.95 Å². The average molecular weight is 481 g/mol. The molecule has 1 aromatic heterocycles. The highest BCUT2D eigenvalue weighted by Crippen LogP contribution is 2.31. The molecule has 170 valence electrons. The third-order valence-corrected chi connectivity index (χ3v) is 6.30. The van der Waals surface area contributed by atoms with Gasteiger partial charge in [-0.05, 0) is 31.0 Å². The number of carbonyl (C=O) groups is 1. The monoisotopic (exact) mass is 480 g/mol. The zero-order valence-corrected chi connectivity index (χ0v) is 17.6. The molecule has 3 rings (SSSR count). The molecule has 1 saturated heterocycles. The Balaban J connectivity index is 0.00000107. The first-order valence-electron chi connectivity index (χ1n) is 9.01. The number of hydrogen-bond acceptors (Lipinski definition) is 7. The van der Waals surface area contributed by atoms with Crippen molar-refractivity contribution in [2.45, 2.75) is 31.6 Å². The zero-order chi connectivity index (χ0) is 23.1. The summed E-state index contributed by atoms with van der Waals surface area (Å²) in [7, 11) is -3.03. The minimum absolute atomic E-state index is 0.0375. The number of alkyl halides is 3. The molecule has 1 fully saturated rings. The van der Waals surface area contributed by atoms with Crippen LogP contribution in [0.25, 0.3) is 0 Å². The molecule has 8 nitrogen and oxygen atoms in total. The molecule has 13 heteroatoms. The van der Waals surface area contributed by atoms with Crippen LogP contribution in [0.2, 0.25) is 5.02 Å². The molecule has 2 heterocycles. The summed E-state index contributed by atoms with van der Waals surface area (Å²) in [6.45, 7) is -0.350. The van der Waals surface area contributed by atoms with Crippen LogP contribution in [0.15, 0.2) is 30.5 Å². The van der Waals surface area contributed by atoms with E-state index in [2.05, 4.69) is 20.6 Å². The second-order valence-corrected chi connectivity index (χ2v) is 9.35. The molecule has 3 N–H and O–H groups in total. The molecule has 2 aromatic rings. The summed E-state index contributed by atoms with van der Waals surface area (Å²) in [6, 6.07) is 6.31. The number of halogens is 4. The Bertz CT molecular complexity index is 992. The van der Waals surface area contributed by atoms with Crippen molar-refractivity contribution in [1.29, 1.82) is 0 Å². The maximum absolute atomic E-state index is 13.5. The van der Waals surface area contributed by atoms with E-state index in [1.807, 2.05) is 0 Å². The Morgan fingerprint density at radius 2 is 1.90 bits per heavy atom. The van der Waals surface area contributed by atoms with E-state index in [0.29, 0.717) is 23.6 Å². The van der Waals surface area contributed by atoms with Crippen LogP contribution in [-0.4, -0.2) is 47.5 Å². The van der Waals surface area contributed by atoms with Gasteiger partial charge in [0, 0.05) is 35.1 Å². The lowest BCUT2D eigenvalue weighted by Crippen LogP contribution is -2.37. The number of sulfone groups is 1. The molecule has 1 aliphatic heterocycles. The van der Waals surface area contributed by atoms with E-state index in [0.717, 1.165) is 6.20 Å². The van der Waals surface area contributed by atoms with Crippen molar-refractivity contribution < 1.29 is 31.5 Å². The van der Waals surface area contributed by atoms with Crippen LogP contribution in [0.5, 0.6) is 0 Å². The molecule has 0 atom stereocenters. The van der Waals surface area contributed by atoms with Crippen molar-refractivity contribution in [3.63, 3.8) is 0 Å². The van der Waals surface area contributed by atoms with E-state index >= 15 is 0 Å². The van der Waals surface area contributed by atoms with Crippen molar-refractivity contribution in [1.82, 2.24) is 15.3 Å². The van der Waals surface area contributed by atoms with E-state index in [1.54, 1.807) is 24.3 Å².